The molecule has 5 heteroatoms. The van der Waals surface area contributed by atoms with Crippen LogP contribution >= 0.6 is 11.3 Å². The first-order valence-electron chi connectivity index (χ1n) is 7.60. The highest BCUT2D eigenvalue weighted by molar-refractivity contribution is 7.09. The molecule has 0 aliphatic heterocycles. The number of anilines is 1. The SMILES string of the molecule is CCNC(=NCc1cccs1)NCCN(C)c1ccccc1. The third kappa shape index (κ3) is 5.41. The normalized spacial score (nSPS) is 11.3. The molecule has 2 aromatic rings. The number of benzene rings is 1. The molecule has 0 atom stereocenters. The van der Waals surface area contributed by atoms with Crippen LogP contribution in [0.1, 0.15) is 11.8 Å². The predicted octanol–water partition coefficient (Wildman–Crippen LogP) is 2.94. The fourth-order valence-corrected chi connectivity index (χ4v) is 2.68. The summed E-state index contributed by atoms with van der Waals surface area (Å²) in [6, 6.07) is 14.6. The zero-order valence-corrected chi connectivity index (χ0v) is 14.1. The summed E-state index contributed by atoms with van der Waals surface area (Å²) in [6.45, 7) is 5.44. The van der Waals surface area contributed by atoms with E-state index < -0.39 is 0 Å². The van der Waals surface area contributed by atoms with E-state index in [0.717, 1.165) is 32.1 Å². The minimum Gasteiger partial charge on any atom is -0.373 e. The van der Waals surface area contributed by atoms with E-state index in [2.05, 4.69) is 76.3 Å². The van der Waals surface area contributed by atoms with Crippen molar-refractivity contribution in [2.45, 2.75) is 13.5 Å². The van der Waals surface area contributed by atoms with Crippen molar-refractivity contribution < 1.29 is 0 Å². The summed E-state index contributed by atoms with van der Waals surface area (Å²) < 4.78 is 0. The summed E-state index contributed by atoms with van der Waals surface area (Å²) in [5.41, 5.74) is 1.23. The van der Waals surface area contributed by atoms with Crippen LogP contribution in [0.15, 0.2) is 52.8 Å². The maximum Gasteiger partial charge on any atom is 0.191 e. The maximum atomic E-state index is 4.61. The Morgan fingerprint density at radius 2 is 1.95 bits per heavy atom. The second kappa shape index (κ2) is 9.10. The smallest absolute Gasteiger partial charge is 0.191 e. The van der Waals surface area contributed by atoms with Crippen molar-refractivity contribution in [2.75, 3.05) is 31.6 Å². The van der Waals surface area contributed by atoms with Crippen molar-refractivity contribution in [2.24, 2.45) is 4.99 Å². The number of nitrogens with one attached hydrogen (secondary N) is 2. The van der Waals surface area contributed by atoms with E-state index in [4.69, 9.17) is 0 Å². The first-order valence-corrected chi connectivity index (χ1v) is 8.48. The minimum absolute atomic E-state index is 0.724. The monoisotopic (exact) mass is 316 g/mol. The number of rotatable bonds is 7. The predicted molar refractivity (Wildman–Crippen MR) is 96.8 cm³/mol. The summed E-state index contributed by atoms with van der Waals surface area (Å²) in [7, 11) is 2.10. The molecule has 0 aliphatic carbocycles. The van der Waals surface area contributed by atoms with Gasteiger partial charge in [-0.15, -0.1) is 11.3 Å². The van der Waals surface area contributed by atoms with Gasteiger partial charge in [-0.2, -0.15) is 0 Å². The Balaban J connectivity index is 1.80. The Labute approximate surface area is 136 Å². The topological polar surface area (TPSA) is 39.7 Å². The van der Waals surface area contributed by atoms with Gasteiger partial charge < -0.3 is 15.5 Å². The Morgan fingerprint density at radius 3 is 2.64 bits per heavy atom. The maximum absolute atomic E-state index is 4.61. The second-order valence-corrected chi connectivity index (χ2v) is 5.99. The van der Waals surface area contributed by atoms with Crippen LogP contribution in [-0.2, 0) is 6.54 Å². The van der Waals surface area contributed by atoms with E-state index in [0.29, 0.717) is 0 Å². The molecule has 22 heavy (non-hydrogen) atoms. The quantitative estimate of drug-likeness (QED) is 0.609. The van der Waals surface area contributed by atoms with Crippen molar-refractivity contribution in [1.82, 2.24) is 10.6 Å². The molecule has 4 nitrogen and oxygen atoms in total. The number of hydrogen-bond acceptors (Lipinski definition) is 3. The van der Waals surface area contributed by atoms with Crippen molar-refractivity contribution in [3.8, 4) is 0 Å². The molecule has 0 unspecified atom stereocenters. The molecule has 0 saturated carbocycles. The highest BCUT2D eigenvalue weighted by atomic mass is 32.1. The van der Waals surface area contributed by atoms with E-state index in [1.165, 1.54) is 10.6 Å². The summed E-state index contributed by atoms with van der Waals surface area (Å²) in [5.74, 6) is 0.873. The fourth-order valence-electron chi connectivity index (χ4n) is 2.05. The van der Waals surface area contributed by atoms with Crippen LogP contribution in [0.3, 0.4) is 0 Å². The number of nitrogens with zero attached hydrogens (tertiary/aromatic N) is 2. The van der Waals surface area contributed by atoms with Gasteiger partial charge in [0.2, 0.25) is 0 Å². The van der Waals surface area contributed by atoms with Crippen LogP contribution < -0.4 is 15.5 Å². The molecule has 0 amide bonds. The largest absolute Gasteiger partial charge is 0.373 e. The van der Waals surface area contributed by atoms with Gasteiger partial charge in [0, 0.05) is 37.2 Å². The number of para-hydroxylation sites is 1. The third-order valence-electron chi connectivity index (χ3n) is 3.25. The van der Waals surface area contributed by atoms with E-state index in [9.17, 15) is 0 Å². The van der Waals surface area contributed by atoms with Crippen molar-refractivity contribution in [3.05, 3.63) is 52.7 Å². The lowest BCUT2D eigenvalue weighted by molar-refractivity contribution is 0.781. The van der Waals surface area contributed by atoms with Crippen molar-refractivity contribution >= 4 is 23.0 Å². The first-order chi connectivity index (χ1) is 10.8. The Bertz CT molecular complexity index is 551. The van der Waals surface area contributed by atoms with Crippen LogP contribution in [0, 0.1) is 0 Å². The summed E-state index contributed by atoms with van der Waals surface area (Å²) in [5, 5.41) is 8.75. The summed E-state index contributed by atoms with van der Waals surface area (Å²) in [4.78, 5) is 8.12. The molecular weight excluding hydrogens is 292 g/mol. The van der Waals surface area contributed by atoms with Gasteiger partial charge in [-0.05, 0) is 30.5 Å². The third-order valence-corrected chi connectivity index (χ3v) is 4.12. The average Bonchev–Trinajstić information content (AvgIpc) is 3.06. The minimum atomic E-state index is 0.724. The van der Waals surface area contributed by atoms with Crippen molar-refractivity contribution in [1.29, 1.82) is 0 Å². The Hall–Kier alpha value is -2.01. The molecule has 0 spiro atoms. The summed E-state index contributed by atoms with van der Waals surface area (Å²) in [6.07, 6.45) is 0. The van der Waals surface area contributed by atoms with Gasteiger partial charge in [-0.3, -0.25) is 0 Å². The number of aliphatic imine (C=N–C) groups is 1. The molecule has 2 N–H and O–H groups in total. The second-order valence-electron chi connectivity index (χ2n) is 4.96. The standard InChI is InChI=1S/C17H24N4S/c1-3-18-17(20-14-16-10-7-13-22-16)19-11-12-21(2)15-8-5-4-6-9-15/h4-10,13H,3,11-12,14H2,1-2H3,(H2,18,19,20). The van der Waals surface area contributed by atoms with Gasteiger partial charge in [0.05, 0.1) is 6.54 Å². The molecule has 118 valence electrons. The number of thiophene rings is 1. The molecule has 1 aromatic carbocycles. The molecule has 0 radical (unpaired) electrons. The molecule has 0 bridgehead atoms. The van der Waals surface area contributed by atoms with Gasteiger partial charge in [-0.1, -0.05) is 24.3 Å². The lowest BCUT2D eigenvalue weighted by Crippen LogP contribution is -2.41. The molecule has 0 fully saturated rings. The molecule has 0 saturated heterocycles. The van der Waals surface area contributed by atoms with Gasteiger partial charge >= 0.3 is 0 Å². The number of hydrogen-bond donors (Lipinski definition) is 2. The zero-order valence-electron chi connectivity index (χ0n) is 13.2. The molecular formula is C17H24N4S. The van der Waals surface area contributed by atoms with E-state index in [1.807, 2.05) is 6.07 Å². The van der Waals surface area contributed by atoms with E-state index in [-0.39, 0.29) is 0 Å². The van der Waals surface area contributed by atoms with Crippen LogP contribution in [0.5, 0.6) is 0 Å². The lowest BCUT2D eigenvalue weighted by atomic mass is 10.3. The van der Waals surface area contributed by atoms with Gasteiger partial charge in [-0.25, -0.2) is 4.99 Å². The van der Waals surface area contributed by atoms with Gasteiger partial charge in [0.25, 0.3) is 0 Å². The van der Waals surface area contributed by atoms with Crippen LogP contribution in [0.2, 0.25) is 0 Å². The average molecular weight is 316 g/mol. The molecule has 1 aromatic heterocycles. The van der Waals surface area contributed by atoms with Gasteiger partial charge in [0.15, 0.2) is 5.96 Å². The zero-order chi connectivity index (χ0) is 15.6. The van der Waals surface area contributed by atoms with Crippen LogP contribution in [0.4, 0.5) is 5.69 Å². The Morgan fingerprint density at radius 1 is 1.14 bits per heavy atom. The van der Waals surface area contributed by atoms with Gasteiger partial charge in [0.1, 0.15) is 0 Å². The van der Waals surface area contributed by atoms with E-state index in [1.54, 1.807) is 11.3 Å². The van der Waals surface area contributed by atoms with Crippen LogP contribution in [0.25, 0.3) is 0 Å². The Kier molecular flexibility index (Phi) is 6.77. The highest BCUT2D eigenvalue weighted by Gasteiger charge is 2.01. The first kappa shape index (κ1) is 16.4. The lowest BCUT2D eigenvalue weighted by Gasteiger charge is -2.20. The fraction of sp³-hybridized carbons (Fsp3) is 0.353. The summed E-state index contributed by atoms with van der Waals surface area (Å²) >= 11 is 1.74. The molecule has 1 heterocycles. The molecule has 0 aliphatic rings. The number of likely N-dealkylation sites (N-methyl/N-ethyl adjacent to an activating group) is 1. The molecule has 2 rings (SSSR count). The number of guanidine groups is 1. The highest BCUT2D eigenvalue weighted by Crippen LogP contribution is 2.10. The van der Waals surface area contributed by atoms with Crippen molar-refractivity contribution in [3.63, 3.8) is 0 Å². The van der Waals surface area contributed by atoms with E-state index >= 15 is 0 Å². The van der Waals surface area contributed by atoms with Crippen LogP contribution in [-0.4, -0.2) is 32.6 Å².